The van der Waals surface area contributed by atoms with Gasteiger partial charge in [0.2, 0.25) is 5.91 Å². The molecule has 0 saturated carbocycles. The van der Waals surface area contributed by atoms with Gasteiger partial charge in [-0.05, 0) is 19.4 Å². The Kier molecular flexibility index (Phi) is 5.93. The van der Waals surface area contributed by atoms with Crippen LogP contribution in [0.3, 0.4) is 0 Å². The molecular formula is C11H20N2O4. The first kappa shape index (κ1) is 13.9. The van der Waals surface area contributed by atoms with Crippen molar-refractivity contribution < 1.29 is 19.4 Å². The highest BCUT2D eigenvalue weighted by Gasteiger charge is 2.30. The van der Waals surface area contributed by atoms with E-state index in [0.29, 0.717) is 13.2 Å². The molecule has 2 N–H and O–H groups in total. The van der Waals surface area contributed by atoms with Crippen LogP contribution in [0, 0.1) is 0 Å². The van der Waals surface area contributed by atoms with Gasteiger partial charge in [-0.3, -0.25) is 14.5 Å². The van der Waals surface area contributed by atoms with Gasteiger partial charge in [-0.2, -0.15) is 0 Å². The molecule has 1 rings (SSSR count). The van der Waals surface area contributed by atoms with Gasteiger partial charge >= 0.3 is 5.97 Å². The second-order valence-corrected chi connectivity index (χ2v) is 4.14. The number of ether oxygens (including phenoxy) is 1. The summed E-state index contributed by atoms with van der Waals surface area (Å²) in [6.45, 7) is 2.76. The minimum atomic E-state index is -0.936. The molecule has 1 atom stereocenters. The highest BCUT2D eigenvalue weighted by Crippen LogP contribution is 2.10. The van der Waals surface area contributed by atoms with Crippen molar-refractivity contribution in [3.05, 3.63) is 0 Å². The lowest BCUT2D eigenvalue weighted by molar-refractivity contribution is -0.143. The van der Waals surface area contributed by atoms with Gasteiger partial charge in [0.1, 0.15) is 0 Å². The van der Waals surface area contributed by atoms with Gasteiger partial charge in [-0.25, -0.2) is 0 Å². The van der Waals surface area contributed by atoms with Crippen molar-refractivity contribution in [2.75, 3.05) is 33.4 Å². The number of carboxylic acid groups (broad SMARTS) is 1. The van der Waals surface area contributed by atoms with E-state index < -0.39 is 12.0 Å². The number of carboxylic acids is 1. The monoisotopic (exact) mass is 244 g/mol. The summed E-state index contributed by atoms with van der Waals surface area (Å²) in [6, 6.07) is -0.524. The highest BCUT2D eigenvalue weighted by molar-refractivity contribution is 5.86. The van der Waals surface area contributed by atoms with Crippen LogP contribution >= 0.6 is 0 Å². The number of amides is 1. The zero-order chi connectivity index (χ0) is 12.7. The van der Waals surface area contributed by atoms with Gasteiger partial charge in [0.25, 0.3) is 0 Å². The molecule has 98 valence electrons. The smallest absolute Gasteiger partial charge is 0.305 e. The van der Waals surface area contributed by atoms with Gasteiger partial charge in [0.05, 0.1) is 12.5 Å². The van der Waals surface area contributed by atoms with Gasteiger partial charge in [0.15, 0.2) is 0 Å². The number of piperazine rings is 1. The number of hydrogen-bond acceptors (Lipinski definition) is 4. The Labute approximate surface area is 101 Å². The standard InChI is InChI=1S/C11H20N2O4/c1-17-7-3-2-5-13-6-4-12-11(16)9(13)8-10(14)15/h9H,2-8H2,1H3,(H,12,16)(H,14,15). The van der Waals surface area contributed by atoms with Crippen LogP contribution in [0.4, 0.5) is 0 Å². The maximum Gasteiger partial charge on any atom is 0.305 e. The molecule has 0 aromatic carbocycles. The third kappa shape index (κ3) is 4.70. The molecule has 1 aliphatic rings. The Morgan fingerprint density at radius 3 is 3.00 bits per heavy atom. The van der Waals surface area contributed by atoms with E-state index in [9.17, 15) is 9.59 Å². The lowest BCUT2D eigenvalue weighted by Crippen LogP contribution is -2.56. The second-order valence-electron chi connectivity index (χ2n) is 4.14. The summed E-state index contributed by atoms with van der Waals surface area (Å²) < 4.78 is 4.95. The van der Waals surface area contributed by atoms with E-state index in [1.165, 1.54) is 0 Å². The summed E-state index contributed by atoms with van der Waals surface area (Å²) in [4.78, 5) is 24.2. The summed E-state index contributed by atoms with van der Waals surface area (Å²) in [5, 5.41) is 11.5. The third-order valence-electron chi connectivity index (χ3n) is 2.85. The molecule has 1 saturated heterocycles. The molecule has 0 spiro atoms. The Morgan fingerprint density at radius 1 is 1.59 bits per heavy atom. The van der Waals surface area contributed by atoms with E-state index in [1.54, 1.807) is 7.11 Å². The Hall–Kier alpha value is -1.14. The number of hydrogen-bond donors (Lipinski definition) is 2. The zero-order valence-electron chi connectivity index (χ0n) is 10.1. The molecule has 1 heterocycles. The highest BCUT2D eigenvalue weighted by atomic mass is 16.5. The molecule has 17 heavy (non-hydrogen) atoms. The first-order chi connectivity index (χ1) is 8.15. The van der Waals surface area contributed by atoms with Gasteiger partial charge in [0, 0.05) is 26.8 Å². The molecule has 1 amide bonds. The number of unbranched alkanes of at least 4 members (excludes halogenated alkanes) is 1. The van der Waals surface area contributed by atoms with Crippen molar-refractivity contribution in [1.29, 1.82) is 0 Å². The van der Waals surface area contributed by atoms with Crippen molar-refractivity contribution in [3.8, 4) is 0 Å². The van der Waals surface area contributed by atoms with Gasteiger partial charge < -0.3 is 15.2 Å². The van der Waals surface area contributed by atoms with Crippen LogP contribution in [0.25, 0.3) is 0 Å². The molecule has 0 aromatic heterocycles. The number of nitrogens with zero attached hydrogens (tertiary/aromatic N) is 1. The third-order valence-corrected chi connectivity index (χ3v) is 2.85. The maximum atomic E-state index is 11.6. The minimum absolute atomic E-state index is 0.129. The van der Waals surface area contributed by atoms with Crippen LogP contribution in [0.5, 0.6) is 0 Å². The maximum absolute atomic E-state index is 11.6. The number of carbonyl (C=O) groups is 2. The lowest BCUT2D eigenvalue weighted by atomic mass is 10.1. The average Bonchev–Trinajstić information content (AvgIpc) is 2.28. The van der Waals surface area contributed by atoms with Crippen molar-refractivity contribution in [2.45, 2.75) is 25.3 Å². The van der Waals surface area contributed by atoms with E-state index in [0.717, 1.165) is 25.9 Å². The normalized spacial score (nSPS) is 21.2. The second kappa shape index (κ2) is 7.24. The predicted octanol–water partition coefficient (Wildman–Crippen LogP) is -0.312. The van der Waals surface area contributed by atoms with Gasteiger partial charge in [-0.1, -0.05) is 0 Å². The van der Waals surface area contributed by atoms with Crippen LogP contribution in [-0.2, 0) is 14.3 Å². The largest absolute Gasteiger partial charge is 0.481 e. The van der Waals surface area contributed by atoms with E-state index in [4.69, 9.17) is 9.84 Å². The fourth-order valence-corrected chi connectivity index (χ4v) is 1.98. The molecule has 0 aromatic rings. The number of rotatable bonds is 7. The predicted molar refractivity (Wildman–Crippen MR) is 61.7 cm³/mol. The lowest BCUT2D eigenvalue weighted by Gasteiger charge is -2.34. The summed E-state index contributed by atoms with van der Waals surface area (Å²) in [5.74, 6) is -1.11. The Balaban J connectivity index is 2.42. The van der Waals surface area contributed by atoms with Crippen molar-refractivity contribution in [1.82, 2.24) is 10.2 Å². The quantitative estimate of drug-likeness (QED) is 0.600. The van der Waals surface area contributed by atoms with E-state index in [1.807, 2.05) is 4.90 Å². The molecule has 6 heteroatoms. The Bertz CT molecular complexity index is 270. The van der Waals surface area contributed by atoms with Crippen LogP contribution < -0.4 is 5.32 Å². The number of methoxy groups -OCH3 is 1. The molecule has 0 aliphatic carbocycles. The van der Waals surface area contributed by atoms with Crippen LogP contribution in [0.15, 0.2) is 0 Å². The Morgan fingerprint density at radius 2 is 2.35 bits per heavy atom. The first-order valence-corrected chi connectivity index (χ1v) is 5.87. The topological polar surface area (TPSA) is 78.9 Å². The molecular weight excluding hydrogens is 224 g/mol. The fraction of sp³-hybridized carbons (Fsp3) is 0.818. The van der Waals surface area contributed by atoms with E-state index in [-0.39, 0.29) is 12.3 Å². The average molecular weight is 244 g/mol. The molecule has 1 aliphatic heterocycles. The van der Waals surface area contributed by atoms with Crippen molar-refractivity contribution in [3.63, 3.8) is 0 Å². The summed E-state index contributed by atoms with van der Waals surface area (Å²) >= 11 is 0. The summed E-state index contributed by atoms with van der Waals surface area (Å²) in [6.07, 6.45) is 1.71. The van der Waals surface area contributed by atoms with Crippen molar-refractivity contribution in [2.24, 2.45) is 0 Å². The van der Waals surface area contributed by atoms with E-state index in [2.05, 4.69) is 5.32 Å². The molecule has 1 unspecified atom stereocenters. The number of aliphatic carboxylic acids is 1. The molecule has 0 bridgehead atoms. The van der Waals surface area contributed by atoms with Crippen LogP contribution in [-0.4, -0.2) is 61.3 Å². The number of carbonyl (C=O) groups excluding carboxylic acids is 1. The van der Waals surface area contributed by atoms with Gasteiger partial charge in [-0.15, -0.1) is 0 Å². The van der Waals surface area contributed by atoms with Crippen molar-refractivity contribution >= 4 is 11.9 Å². The zero-order valence-corrected chi connectivity index (χ0v) is 10.1. The molecule has 6 nitrogen and oxygen atoms in total. The van der Waals surface area contributed by atoms with Crippen LogP contribution in [0.2, 0.25) is 0 Å². The molecule has 0 radical (unpaired) electrons. The van der Waals surface area contributed by atoms with Crippen LogP contribution in [0.1, 0.15) is 19.3 Å². The summed E-state index contributed by atoms with van der Waals surface area (Å²) in [7, 11) is 1.65. The summed E-state index contributed by atoms with van der Waals surface area (Å²) in [5.41, 5.74) is 0. The fourth-order valence-electron chi connectivity index (χ4n) is 1.98. The SMILES string of the molecule is COCCCCN1CCNC(=O)C1CC(=O)O. The molecule has 1 fully saturated rings. The minimum Gasteiger partial charge on any atom is -0.481 e. The van der Waals surface area contributed by atoms with E-state index >= 15 is 0 Å². The number of nitrogens with one attached hydrogen (secondary N) is 1. The first-order valence-electron chi connectivity index (χ1n) is 5.87.